The van der Waals surface area contributed by atoms with Crippen molar-refractivity contribution in [2.75, 3.05) is 0 Å². The van der Waals surface area contributed by atoms with Crippen LogP contribution in [0.5, 0.6) is 0 Å². The maximum absolute atomic E-state index is 3.84. The number of aromatic nitrogens is 1. The minimum Gasteiger partial charge on any atom is -0.264 e. The average molecular weight is 222 g/mol. The fourth-order valence-electron chi connectivity index (χ4n) is 0.342. The number of rotatable bonds is 0. The van der Waals surface area contributed by atoms with Crippen molar-refractivity contribution < 1.29 is 17.1 Å². The number of hydrogen-bond acceptors (Lipinski definition) is 1. The Morgan fingerprint density at radius 2 is 2.25 bits per heavy atom. The van der Waals surface area contributed by atoms with Gasteiger partial charge in [-0.25, -0.2) is 0 Å². The Morgan fingerprint density at radius 3 is 2.50 bits per heavy atom. The summed E-state index contributed by atoms with van der Waals surface area (Å²) in [5.74, 6) is 0. The maximum atomic E-state index is 3.84. The summed E-state index contributed by atoms with van der Waals surface area (Å²) in [6.45, 7) is 0. The van der Waals surface area contributed by atoms with E-state index in [-0.39, 0.29) is 17.1 Å². The number of pyridine rings is 1. The third-order valence-electron chi connectivity index (χ3n) is 0.625. The van der Waals surface area contributed by atoms with Crippen LogP contribution in [-0.2, 0) is 17.1 Å². The molecule has 1 heterocycles. The van der Waals surface area contributed by atoms with Crippen LogP contribution in [0.25, 0.3) is 0 Å². The summed E-state index contributed by atoms with van der Waals surface area (Å²) in [7, 11) is 0. The first kappa shape index (κ1) is 8.15. The smallest absolute Gasteiger partial charge is 0.0410 e. The zero-order chi connectivity index (χ0) is 5.11. The molecule has 0 unspecified atom stereocenters. The zero-order valence-corrected chi connectivity index (χ0v) is 6.46. The van der Waals surface area contributed by atoms with E-state index >= 15 is 0 Å². The second-order valence-electron chi connectivity index (χ2n) is 1.17. The van der Waals surface area contributed by atoms with Gasteiger partial charge in [0.15, 0.2) is 0 Å². The molecule has 0 aliphatic rings. The molecule has 0 aliphatic heterocycles. The average Bonchev–Trinajstić information content (AvgIpc) is 1.69. The Hall–Kier alpha value is 0.149. The molecule has 0 atom stereocenters. The number of hydrogen-bond donors (Lipinski definition) is 0. The van der Waals surface area contributed by atoms with Crippen molar-refractivity contribution in [1.29, 1.82) is 0 Å². The Balaban J connectivity index is 0.000000490. The van der Waals surface area contributed by atoms with E-state index in [0.717, 1.165) is 4.47 Å². The van der Waals surface area contributed by atoms with E-state index < -0.39 is 0 Å². The molecular weight excluding hydrogens is 218 g/mol. The van der Waals surface area contributed by atoms with Gasteiger partial charge in [0, 0.05) is 33.9 Å². The molecule has 0 amide bonds. The maximum Gasteiger partial charge on any atom is 0.0410 e. The van der Waals surface area contributed by atoms with Crippen LogP contribution < -0.4 is 0 Å². The van der Waals surface area contributed by atoms with Crippen molar-refractivity contribution in [3.63, 3.8) is 0 Å². The first-order valence-electron chi connectivity index (χ1n) is 1.95. The van der Waals surface area contributed by atoms with Gasteiger partial charge in [-0.05, 0) is 28.1 Å². The van der Waals surface area contributed by atoms with Gasteiger partial charge in [-0.3, -0.25) is 4.98 Å². The van der Waals surface area contributed by atoms with Crippen LogP contribution >= 0.6 is 15.9 Å². The topological polar surface area (TPSA) is 12.9 Å². The summed E-state index contributed by atoms with van der Waals surface area (Å²) >= 11 is 3.25. The molecule has 0 saturated carbocycles. The summed E-state index contributed by atoms with van der Waals surface area (Å²) in [6, 6.07) is 3.82. The molecule has 0 bridgehead atoms. The van der Waals surface area contributed by atoms with Crippen LogP contribution in [0.15, 0.2) is 29.0 Å². The van der Waals surface area contributed by atoms with Gasteiger partial charge in [-0.15, -0.1) is 0 Å². The normalized spacial score (nSPS) is 7.62. The Bertz CT molecular complexity index is 142. The molecule has 3 heteroatoms. The van der Waals surface area contributed by atoms with Crippen LogP contribution in [-0.4, -0.2) is 4.98 Å². The molecule has 1 radical (unpaired) electrons. The van der Waals surface area contributed by atoms with Crippen molar-refractivity contribution in [1.82, 2.24) is 4.98 Å². The summed E-state index contributed by atoms with van der Waals surface area (Å²) in [6.07, 6.45) is 3.49. The molecule has 0 N–H and O–H groups in total. The third-order valence-corrected chi connectivity index (χ3v) is 1.09. The Labute approximate surface area is 67.1 Å². The molecule has 0 aliphatic carbocycles. The van der Waals surface area contributed by atoms with Crippen molar-refractivity contribution >= 4 is 15.9 Å². The number of nitrogens with zero attached hydrogens (tertiary/aromatic N) is 1. The van der Waals surface area contributed by atoms with Gasteiger partial charge >= 0.3 is 0 Å². The predicted molar refractivity (Wildman–Crippen MR) is 31.9 cm³/mol. The summed E-state index contributed by atoms with van der Waals surface area (Å²) in [5.41, 5.74) is 0. The van der Waals surface area contributed by atoms with Crippen LogP contribution in [0.2, 0.25) is 0 Å². The van der Waals surface area contributed by atoms with Crippen LogP contribution in [0.1, 0.15) is 0 Å². The summed E-state index contributed by atoms with van der Waals surface area (Å²) in [5, 5.41) is 0. The van der Waals surface area contributed by atoms with Gasteiger partial charge in [0.2, 0.25) is 0 Å². The predicted octanol–water partition coefficient (Wildman–Crippen LogP) is 1.84. The van der Waals surface area contributed by atoms with Gasteiger partial charge < -0.3 is 0 Å². The molecule has 1 nitrogen and oxygen atoms in total. The van der Waals surface area contributed by atoms with E-state index in [1.807, 2.05) is 12.1 Å². The van der Waals surface area contributed by atoms with Crippen LogP contribution in [0.4, 0.5) is 0 Å². The molecule has 0 fully saturated rings. The Morgan fingerprint density at radius 1 is 1.50 bits per heavy atom. The third kappa shape index (κ3) is 2.46. The van der Waals surface area contributed by atoms with Crippen LogP contribution in [0, 0.1) is 0 Å². The first-order chi connectivity index (χ1) is 3.39. The fourth-order valence-corrected chi connectivity index (χ4v) is 0.613. The Kier molecular flexibility index (Phi) is 4.15. The van der Waals surface area contributed by atoms with E-state index in [1.54, 1.807) is 12.4 Å². The van der Waals surface area contributed by atoms with Gasteiger partial charge in [0.25, 0.3) is 0 Å². The monoisotopic (exact) mass is 220 g/mol. The van der Waals surface area contributed by atoms with Crippen molar-refractivity contribution in [2.45, 2.75) is 0 Å². The van der Waals surface area contributed by atoms with Crippen molar-refractivity contribution in [3.8, 4) is 0 Å². The van der Waals surface area contributed by atoms with Crippen molar-refractivity contribution in [2.24, 2.45) is 0 Å². The van der Waals surface area contributed by atoms with Gasteiger partial charge in [-0.1, -0.05) is 0 Å². The largest absolute Gasteiger partial charge is 0.264 e. The molecule has 1 aromatic rings. The standard InChI is InChI=1S/C5H4BrN.Cu/c6-5-2-1-3-7-4-5;/h1-4H;. The minimum atomic E-state index is 0. The molecule has 0 aromatic carbocycles. The van der Waals surface area contributed by atoms with Crippen molar-refractivity contribution in [3.05, 3.63) is 29.0 Å². The molecule has 1 rings (SSSR count). The van der Waals surface area contributed by atoms with E-state index in [1.165, 1.54) is 0 Å². The van der Waals surface area contributed by atoms with E-state index in [0.29, 0.717) is 0 Å². The number of halogens is 1. The molecule has 8 heavy (non-hydrogen) atoms. The van der Waals surface area contributed by atoms with Crippen LogP contribution in [0.3, 0.4) is 0 Å². The van der Waals surface area contributed by atoms with E-state index in [2.05, 4.69) is 20.9 Å². The summed E-state index contributed by atoms with van der Waals surface area (Å²) in [4.78, 5) is 3.84. The molecule has 1 aromatic heterocycles. The fraction of sp³-hybridized carbons (Fsp3) is 0. The summed E-state index contributed by atoms with van der Waals surface area (Å²) < 4.78 is 1.02. The second kappa shape index (κ2) is 4.07. The molecule has 47 valence electrons. The van der Waals surface area contributed by atoms with Gasteiger partial charge in [-0.2, -0.15) is 0 Å². The second-order valence-corrected chi connectivity index (χ2v) is 2.09. The molecule has 0 saturated heterocycles. The van der Waals surface area contributed by atoms with Gasteiger partial charge in [0.05, 0.1) is 0 Å². The SMILES string of the molecule is Brc1cccnc1.[Cu]. The quantitative estimate of drug-likeness (QED) is 0.609. The van der Waals surface area contributed by atoms with Gasteiger partial charge in [0.1, 0.15) is 0 Å². The minimum absolute atomic E-state index is 0. The zero-order valence-electron chi connectivity index (χ0n) is 3.94. The van der Waals surface area contributed by atoms with E-state index in [9.17, 15) is 0 Å². The first-order valence-corrected chi connectivity index (χ1v) is 2.74. The molecular formula is C5H4BrCuN. The van der Waals surface area contributed by atoms with E-state index in [4.69, 9.17) is 0 Å². The molecule has 0 spiro atoms.